The first-order valence-corrected chi connectivity index (χ1v) is 8.22. The summed E-state index contributed by atoms with van der Waals surface area (Å²) in [4.78, 5) is 59.7. The average molecular weight is 375 g/mol. The van der Waals surface area contributed by atoms with Crippen LogP contribution in [0, 0.1) is 0 Å². The Labute approximate surface area is 153 Å². The Bertz CT molecular complexity index is 836. The van der Waals surface area contributed by atoms with Gasteiger partial charge in [0.2, 0.25) is 17.7 Å². The molecule has 2 aliphatic heterocycles. The summed E-state index contributed by atoms with van der Waals surface area (Å²) in [5, 5.41) is 13.3. The predicted molar refractivity (Wildman–Crippen MR) is 89.6 cm³/mol. The number of hydrogen-bond donors (Lipinski definition) is 3. The van der Waals surface area contributed by atoms with E-state index in [4.69, 9.17) is 9.84 Å². The summed E-state index contributed by atoms with van der Waals surface area (Å²) in [6.07, 6.45) is 0.399. The highest BCUT2D eigenvalue weighted by Gasteiger charge is 2.39. The van der Waals surface area contributed by atoms with Crippen molar-refractivity contribution in [1.29, 1.82) is 0 Å². The second-order valence-corrected chi connectivity index (χ2v) is 6.17. The third kappa shape index (κ3) is 3.95. The van der Waals surface area contributed by atoms with Gasteiger partial charge in [-0.2, -0.15) is 0 Å². The fourth-order valence-corrected chi connectivity index (χ4v) is 3.12. The van der Waals surface area contributed by atoms with Gasteiger partial charge in [0.05, 0.1) is 0 Å². The molecule has 0 saturated carbocycles. The Balaban J connectivity index is 1.72. The van der Waals surface area contributed by atoms with Crippen molar-refractivity contribution in [3.63, 3.8) is 0 Å². The van der Waals surface area contributed by atoms with E-state index in [1.807, 2.05) is 0 Å². The number of nitrogens with one attached hydrogen (secondary N) is 2. The fraction of sp³-hybridized carbons (Fsp3) is 0.353. The lowest BCUT2D eigenvalue weighted by Crippen LogP contribution is -2.52. The molecule has 0 bridgehead atoms. The van der Waals surface area contributed by atoms with Gasteiger partial charge in [0.1, 0.15) is 19.3 Å². The number of piperidine rings is 1. The Morgan fingerprint density at radius 3 is 2.74 bits per heavy atom. The summed E-state index contributed by atoms with van der Waals surface area (Å²) in [7, 11) is 0. The van der Waals surface area contributed by atoms with Crippen LogP contribution in [0.5, 0.6) is 0 Å². The zero-order valence-corrected chi connectivity index (χ0v) is 14.2. The number of anilines is 1. The normalized spacial score (nSPS) is 18.9. The summed E-state index contributed by atoms with van der Waals surface area (Å²) in [5.41, 5.74) is 1.31. The van der Waals surface area contributed by atoms with Gasteiger partial charge in [-0.1, -0.05) is 6.07 Å². The smallest absolute Gasteiger partial charge is 0.329 e. The van der Waals surface area contributed by atoms with E-state index in [-0.39, 0.29) is 31.2 Å². The number of hydrogen-bond acceptors (Lipinski definition) is 6. The molecule has 2 heterocycles. The van der Waals surface area contributed by atoms with Crippen molar-refractivity contribution in [3.8, 4) is 0 Å². The van der Waals surface area contributed by atoms with Crippen LogP contribution in [-0.4, -0.2) is 58.9 Å². The summed E-state index contributed by atoms with van der Waals surface area (Å²) in [6.45, 7) is -0.921. The van der Waals surface area contributed by atoms with Gasteiger partial charge in [-0.25, -0.2) is 4.79 Å². The minimum Gasteiger partial charge on any atom is -0.480 e. The van der Waals surface area contributed by atoms with Crippen LogP contribution in [0.25, 0.3) is 0 Å². The molecule has 3 rings (SSSR count). The van der Waals surface area contributed by atoms with E-state index in [9.17, 15) is 24.0 Å². The molecule has 1 fully saturated rings. The van der Waals surface area contributed by atoms with Crippen LogP contribution in [0.3, 0.4) is 0 Å². The average Bonchev–Trinajstić information content (AvgIpc) is 2.93. The molecule has 0 spiro atoms. The number of ether oxygens (including phenoxy) is 1. The maximum Gasteiger partial charge on any atom is 0.329 e. The molecule has 1 aromatic rings. The number of carboxylic acid groups (broad SMARTS) is 1. The molecule has 10 nitrogen and oxygen atoms in total. The van der Waals surface area contributed by atoms with Crippen LogP contribution in [0.15, 0.2) is 18.2 Å². The monoisotopic (exact) mass is 375 g/mol. The number of fused-ring (bicyclic) bond motifs is 1. The molecule has 142 valence electrons. The number of aliphatic carboxylic acids is 1. The van der Waals surface area contributed by atoms with E-state index in [2.05, 4.69) is 10.6 Å². The highest BCUT2D eigenvalue weighted by Crippen LogP contribution is 2.32. The van der Waals surface area contributed by atoms with Crippen LogP contribution < -0.4 is 10.6 Å². The van der Waals surface area contributed by atoms with Crippen LogP contribution >= 0.6 is 0 Å². The molecule has 0 aliphatic carbocycles. The Morgan fingerprint density at radius 2 is 2.04 bits per heavy atom. The van der Waals surface area contributed by atoms with E-state index in [1.54, 1.807) is 18.2 Å². The highest BCUT2D eigenvalue weighted by molar-refractivity contribution is 6.06. The molecule has 1 unspecified atom stereocenters. The van der Waals surface area contributed by atoms with Gasteiger partial charge < -0.3 is 20.1 Å². The van der Waals surface area contributed by atoms with Crippen molar-refractivity contribution in [2.45, 2.75) is 25.4 Å². The summed E-state index contributed by atoms with van der Waals surface area (Å²) in [6, 6.07) is 4.05. The molecule has 1 saturated heterocycles. The van der Waals surface area contributed by atoms with Gasteiger partial charge >= 0.3 is 5.97 Å². The van der Waals surface area contributed by atoms with Gasteiger partial charge in [0.15, 0.2) is 0 Å². The fourth-order valence-electron chi connectivity index (χ4n) is 3.12. The molecule has 2 aliphatic rings. The van der Waals surface area contributed by atoms with Crippen molar-refractivity contribution >= 4 is 35.3 Å². The van der Waals surface area contributed by atoms with Crippen LogP contribution in [0.2, 0.25) is 0 Å². The van der Waals surface area contributed by atoms with Gasteiger partial charge in [0, 0.05) is 29.8 Å². The lowest BCUT2D eigenvalue weighted by Gasteiger charge is -2.29. The van der Waals surface area contributed by atoms with Crippen molar-refractivity contribution < 1.29 is 33.8 Å². The molecule has 10 heteroatoms. The maximum absolute atomic E-state index is 12.7. The van der Waals surface area contributed by atoms with Crippen molar-refractivity contribution in [2.24, 2.45) is 0 Å². The van der Waals surface area contributed by atoms with Crippen molar-refractivity contribution in [1.82, 2.24) is 10.2 Å². The van der Waals surface area contributed by atoms with E-state index < -0.39 is 37.0 Å². The maximum atomic E-state index is 12.7. The predicted octanol–water partition coefficient (Wildman–Crippen LogP) is -0.513. The third-order valence-electron chi connectivity index (χ3n) is 4.31. The molecule has 4 amide bonds. The zero-order chi connectivity index (χ0) is 19.6. The SMILES string of the molecule is O=C(O)COCC(=O)Nc1cccc2c1CN(C1CCC(=O)NC1=O)C2=O. The molecular formula is C17H17N3O7. The first kappa shape index (κ1) is 18.5. The van der Waals surface area contributed by atoms with E-state index in [0.29, 0.717) is 16.8 Å². The lowest BCUT2D eigenvalue weighted by molar-refractivity contribution is -0.143. The van der Waals surface area contributed by atoms with Gasteiger partial charge in [-0.3, -0.25) is 24.5 Å². The second-order valence-electron chi connectivity index (χ2n) is 6.17. The van der Waals surface area contributed by atoms with E-state index in [0.717, 1.165) is 0 Å². The summed E-state index contributed by atoms with van der Waals surface area (Å²) < 4.78 is 4.74. The Kier molecular flexibility index (Phi) is 5.17. The molecule has 3 N–H and O–H groups in total. The summed E-state index contributed by atoms with van der Waals surface area (Å²) >= 11 is 0. The second kappa shape index (κ2) is 7.54. The number of carbonyl (C=O) groups is 5. The number of carboxylic acids is 1. The Morgan fingerprint density at radius 1 is 1.26 bits per heavy atom. The molecule has 27 heavy (non-hydrogen) atoms. The standard InChI is InChI=1S/C17H17N3O7/c21-13-5-4-12(16(25)19-13)20-6-10-9(17(20)26)2-1-3-11(10)18-14(22)7-27-8-15(23)24/h1-3,12H,4-8H2,(H,18,22)(H,23,24)(H,19,21,25). The van der Waals surface area contributed by atoms with E-state index in [1.165, 1.54) is 4.90 Å². The van der Waals surface area contributed by atoms with Crippen LogP contribution in [0.1, 0.15) is 28.8 Å². The molecular weight excluding hydrogens is 358 g/mol. The minimum atomic E-state index is -1.19. The first-order chi connectivity index (χ1) is 12.9. The number of nitrogens with zero attached hydrogens (tertiary/aromatic N) is 1. The number of benzene rings is 1. The number of amides is 4. The first-order valence-electron chi connectivity index (χ1n) is 8.22. The van der Waals surface area contributed by atoms with Crippen LogP contribution in [0.4, 0.5) is 5.69 Å². The Hall–Kier alpha value is -3.27. The number of carbonyl (C=O) groups excluding carboxylic acids is 4. The quantitative estimate of drug-likeness (QED) is 0.568. The number of rotatable bonds is 6. The molecule has 0 radical (unpaired) electrons. The lowest BCUT2D eigenvalue weighted by atomic mass is 10.0. The molecule has 0 aromatic heterocycles. The minimum absolute atomic E-state index is 0.118. The topological polar surface area (TPSA) is 142 Å². The molecule has 1 atom stereocenters. The highest BCUT2D eigenvalue weighted by atomic mass is 16.5. The van der Waals surface area contributed by atoms with Crippen molar-refractivity contribution in [3.05, 3.63) is 29.3 Å². The van der Waals surface area contributed by atoms with Crippen molar-refractivity contribution in [2.75, 3.05) is 18.5 Å². The number of imide groups is 1. The largest absolute Gasteiger partial charge is 0.480 e. The van der Waals surface area contributed by atoms with E-state index >= 15 is 0 Å². The summed E-state index contributed by atoms with van der Waals surface area (Å²) in [5.74, 6) is -2.97. The van der Waals surface area contributed by atoms with Gasteiger partial charge in [-0.15, -0.1) is 0 Å². The van der Waals surface area contributed by atoms with Gasteiger partial charge in [-0.05, 0) is 18.6 Å². The molecule has 1 aromatic carbocycles. The van der Waals surface area contributed by atoms with Crippen LogP contribution in [-0.2, 0) is 30.5 Å². The zero-order valence-electron chi connectivity index (χ0n) is 14.2. The third-order valence-corrected chi connectivity index (χ3v) is 4.31. The van der Waals surface area contributed by atoms with Gasteiger partial charge in [0.25, 0.3) is 5.91 Å².